The van der Waals surface area contributed by atoms with Gasteiger partial charge in [-0.05, 0) is 76.4 Å². The van der Waals surface area contributed by atoms with Crippen LogP contribution in [0.5, 0.6) is 34.5 Å². The minimum absolute atomic E-state index is 0.0114. The maximum atomic E-state index is 13.5. The van der Waals surface area contributed by atoms with Gasteiger partial charge in [0.15, 0.2) is 12.0 Å². The maximum Gasteiger partial charge on any atom is 0.513 e. The molecule has 0 aromatic heterocycles. The zero-order valence-corrected chi connectivity index (χ0v) is 27.8. The first-order valence-electron chi connectivity index (χ1n) is 14.8. The average Bonchev–Trinajstić information content (AvgIpc) is 3.00. The summed E-state index contributed by atoms with van der Waals surface area (Å²) in [4.78, 5) is 74.6. The molecule has 0 amide bonds. The molecule has 3 aromatic rings. The highest BCUT2D eigenvalue weighted by Crippen LogP contribution is 2.35. The fourth-order valence-corrected chi connectivity index (χ4v) is 4.39. The van der Waals surface area contributed by atoms with E-state index < -0.39 is 30.4 Å². The van der Waals surface area contributed by atoms with Gasteiger partial charge in [-0.3, -0.25) is 4.79 Å². The summed E-state index contributed by atoms with van der Waals surface area (Å²) >= 11 is 0. The predicted octanol–water partition coefficient (Wildman–Crippen LogP) is 6.48. The van der Waals surface area contributed by atoms with Crippen molar-refractivity contribution >= 4 is 36.7 Å². The van der Waals surface area contributed by atoms with Crippen molar-refractivity contribution < 1.29 is 71.4 Å². The van der Waals surface area contributed by atoms with Gasteiger partial charge in [0.2, 0.25) is 0 Å². The van der Waals surface area contributed by atoms with Crippen molar-refractivity contribution in [2.75, 3.05) is 26.9 Å². The molecule has 0 bridgehead atoms. The number of esters is 2. The van der Waals surface area contributed by atoms with Crippen LogP contribution in [0, 0.1) is 20.8 Å². The standard InChI is InChI=1S/C34H34O15/c1-8-42-32(38)47-23-13-19(5)28(26(15-23)41-7)30(36)46-22-12-20(6)29(27(16-22)49-34(40)44-10-3)31(37)45-21-11-18(4)24(17-35)25(14-21)48-33(39)43-9-2/h11-17H,8-10H2,1-7H3. The number of rotatable bonds is 12. The summed E-state index contributed by atoms with van der Waals surface area (Å²) in [7, 11) is 1.30. The monoisotopic (exact) mass is 682 g/mol. The first kappa shape index (κ1) is 37.3. The smallest absolute Gasteiger partial charge is 0.496 e. The number of ether oxygens (including phenoxy) is 9. The van der Waals surface area contributed by atoms with E-state index >= 15 is 0 Å². The molecule has 0 fully saturated rings. The summed E-state index contributed by atoms with van der Waals surface area (Å²) in [5.41, 5.74) is 0.559. The maximum absolute atomic E-state index is 13.5. The lowest BCUT2D eigenvalue weighted by atomic mass is 10.1. The Morgan fingerprint density at radius 2 is 0.918 bits per heavy atom. The molecule has 0 heterocycles. The molecule has 0 saturated carbocycles. The molecule has 0 atom stereocenters. The molecular weight excluding hydrogens is 648 g/mol. The van der Waals surface area contributed by atoms with E-state index in [1.807, 2.05) is 0 Å². The number of methoxy groups -OCH3 is 1. The van der Waals surface area contributed by atoms with Gasteiger partial charge in [0.1, 0.15) is 39.9 Å². The Morgan fingerprint density at radius 3 is 1.39 bits per heavy atom. The molecule has 0 radical (unpaired) electrons. The van der Waals surface area contributed by atoms with Crippen LogP contribution in [-0.2, 0) is 14.2 Å². The highest BCUT2D eigenvalue weighted by molar-refractivity contribution is 5.98. The minimum Gasteiger partial charge on any atom is -0.496 e. The number of hydrogen-bond acceptors (Lipinski definition) is 15. The average molecular weight is 683 g/mol. The predicted molar refractivity (Wildman–Crippen MR) is 168 cm³/mol. The van der Waals surface area contributed by atoms with E-state index in [-0.39, 0.29) is 76.6 Å². The van der Waals surface area contributed by atoms with Crippen LogP contribution in [0.15, 0.2) is 36.4 Å². The first-order chi connectivity index (χ1) is 23.3. The summed E-state index contributed by atoms with van der Waals surface area (Å²) in [6, 6.07) is 7.63. The second-order valence-electron chi connectivity index (χ2n) is 9.83. The zero-order valence-electron chi connectivity index (χ0n) is 27.8. The van der Waals surface area contributed by atoms with Gasteiger partial charge in [-0.2, -0.15) is 0 Å². The molecular formula is C34H34O15. The van der Waals surface area contributed by atoms with E-state index in [0.29, 0.717) is 17.4 Å². The van der Waals surface area contributed by atoms with Crippen LogP contribution in [0.4, 0.5) is 14.4 Å². The molecule has 0 aliphatic heterocycles. The van der Waals surface area contributed by atoms with Gasteiger partial charge in [0.25, 0.3) is 0 Å². The third-order valence-electron chi connectivity index (χ3n) is 6.41. The summed E-state index contributed by atoms with van der Waals surface area (Å²) in [5, 5.41) is 0. The van der Waals surface area contributed by atoms with Crippen molar-refractivity contribution in [3.63, 3.8) is 0 Å². The van der Waals surface area contributed by atoms with Crippen LogP contribution < -0.4 is 28.4 Å². The van der Waals surface area contributed by atoms with Gasteiger partial charge in [-0.1, -0.05) is 0 Å². The number of hydrogen-bond donors (Lipinski definition) is 0. The van der Waals surface area contributed by atoms with Crippen molar-refractivity contribution in [1.29, 1.82) is 0 Å². The molecule has 0 N–H and O–H groups in total. The third-order valence-corrected chi connectivity index (χ3v) is 6.41. The van der Waals surface area contributed by atoms with E-state index in [2.05, 4.69) is 0 Å². The third kappa shape index (κ3) is 9.70. The first-order valence-corrected chi connectivity index (χ1v) is 14.8. The fourth-order valence-electron chi connectivity index (χ4n) is 4.39. The largest absolute Gasteiger partial charge is 0.513 e. The lowest BCUT2D eigenvalue weighted by Crippen LogP contribution is -2.18. The summed E-state index contributed by atoms with van der Waals surface area (Å²) in [6.45, 7) is 9.34. The number of carbonyl (C=O) groups is 6. The summed E-state index contributed by atoms with van der Waals surface area (Å²) < 4.78 is 46.4. The van der Waals surface area contributed by atoms with Crippen LogP contribution in [0.1, 0.15) is 68.5 Å². The Hall–Kier alpha value is -6.12. The van der Waals surface area contributed by atoms with Crippen LogP contribution in [0.3, 0.4) is 0 Å². The van der Waals surface area contributed by atoms with E-state index in [9.17, 15) is 28.8 Å². The number of benzene rings is 3. The molecule has 15 heteroatoms. The van der Waals surface area contributed by atoms with Crippen molar-refractivity contribution in [2.24, 2.45) is 0 Å². The molecule has 49 heavy (non-hydrogen) atoms. The topological polar surface area (TPSA) is 185 Å². The number of aldehydes is 1. The van der Waals surface area contributed by atoms with E-state index in [1.165, 1.54) is 45.2 Å². The van der Waals surface area contributed by atoms with E-state index in [0.717, 1.165) is 12.1 Å². The zero-order chi connectivity index (χ0) is 36.2. The second kappa shape index (κ2) is 17.2. The Bertz CT molecular complexity index is 1760. The van der Waals surface area contributed by atoms with Gasteiger partial charge in [-0.25, -0.2) is 24.0 Å². The molecule has 0 aliphatic carbocycles. The highest BCUT2D eigenvalue weighted by atomic mass is 16.7. The minimum atomic E-state index is -1.16. The fraction of sp³-hybridized carbons (Fsp3) is 0.294. The molecule has 0 spiro atoms. The Morgan fingerprint density at radius 1 is 0.531 bits per heavy atom. The van der Waals surface area contributed by atoms with Crippen molar-refractivity contribution in [2.45, 2.75) is 41.5 Å². The van der Waals surface area contributed by atoms with E-state index in [4.69, 9.17) is 42.6 Å². The highest BCUT2D eigenvalue weighted by Gasteiger charge is 2.26. The van der Waals surface area contributed by atoms with Gasteiger partial charge in [0.05, 0.1) is 32.5 Å². The summed E-state index contributed by atoms with van der Waals surface area (Å²) in [5.74, 6) is -2.69. The molecule has 0 unspecified atom stereocenters. The normalized spacial score (nSPS) is 10.3. The van der Waals surface area contributed by atoms with Gasteiger partial charge < -0.3 is 42.6 Å². The Labute approximate surface area is 280 Å². The molecule has 15 nitrogen and oxygen atoms in total. The van der Waals surface area contributed by atoms with Crippen molar-refractivity contribution in [3.8, 4) is 34.5 Å². The van der Waals surface area contributed by atoms with Crippen molar-refractivity contribution in [1.82, 2.24) is 0 Å². The Kier molecular flexibility index (Phi) is 13.1. The van der Waals surface area contributed by atoms with Gasteiger partial charge >= 0.3 is 30.4 Å². The molecule has 3 rings (SSSR count). The van der Waals surface area contributed by atoms with Gasteiger partial charge in [0, 0.05) is 18.2 Å². The van der Waals surface area contributed by atoms with E-state index in [1.54, 1.807) is 27.7 Å². The molecule has 0 saturated heterocycles. The number of carbonyl (C=O) groups excluding carboxylic acids is 6. The van der Waals surface area contributed by atoms with Crippen LogP contribution in [0.2, 0.25) is 0 Å². The molecule has 260 valence electrons. The number of aryl methyl sites for hydroxylation is 3. The van der Waals surface area contributed by atoms with Crippen LogP contribution in [0.25, 0.3) is 0 Å². The quantitative estimate of drug-likeness (QED) is 0.0664. The second-order valence-corrected chi connectivity index (χ2v) is 9.83. The molecule has 0 aliphatic rings. The summed E-state index contributed by atoms with van der Waals surface area (Å²) in [6.07, 6.45) is -2.71. The van der Waals surface area contributed by atoms with Crippen molar-refractivity contribution in [3.05, 3.63) is 69.8 Å². The lowest BCUT2D eigenvalue weighted by Gasteiger charge is -2.16. The molecule has 3 aromatic carbocycles. The lowest BCUT2D eigenvalue weighted by molar-refractivity contribution is 0.0724. The van der Waals surface area contributed by atoms with Gasteiger partial charge in [-0.15, -0.1) is 0 Å². The van der Waals surface area contributed by atoms with Crippen LogP contribution >= 0.6 is 0 Å². The SMILES string of the molecule is CCOC(=O)Oc1cc(C)c(C(=O)Oc2cc(C)c(C(=O)Oc3cc(C)c(C=O)c(OC(=O)OCC)c3)c(OC(=O)OCC)c2)c(OC)c1. The Balaban J connectivity index is 1.99. The van der Waals surface area contributed by atoms with Crippen LogP contribution in [-0.4, -0.2) is 63.6 Å².